The third-order valence-electron chi connectivity index (χ3n) is 4.60. The smallest absolute Gasteiger partial charge is 0.240 e. The number of nitrogens with zero attached hydrogens (tertiary/aromatic N) is 2. The first-order chi connectivity index (χ1) is 11.2. The van der Waals surface area contributed by atoms with Crippen LogP contribution in [0.2, 0.25) is 0 Å². The van der Waals surface area contributed by atoms with Gasteiger partial charge in [0.2, 0.25) is 5.91 Å². The number of carbonyl (C=O) groups is 1. The molecule has 1 amide bonds. The van der Waals surface area contributed by atoms with Crippen LogP contribution in [0.3, 0.4) is 0 Å². The Labute approximate surface area is 133 Å². The molecule has 1 N–H and O–H groups in total. The van der Waals surface area contributed by atoms with E-state index < -0.39 is 0 Å². The fourth-order valence-electron chi connectivity index (χ4n) is 3.38. The summed E-state index contributed by atoms with van der Waals surface area (Å²) in [6.45, 7) is 2.01. The summed E-state index contributed by atoms with van der Waals surface area (Å²) in [6, 6.07) is 6.23. The molecule has 3 heterocycles. The Morgan fingerprint density at radius 2 is 2.35 bits per heavy atom. The molecule has 0 unspecified atom stereocenters. The molecule has 0 bridgehead atoms. The summed E-state index contributed by atoms with van der Waals surface area (Å²) in [4.78, 5) is 14.4. The monoisotopic (exact) mass is 315 g/mol. The van der Waals surface area contributed by atoms with Gasteiger partial charge in [-0.15, -0.1) is 0 Å². The Bertz CT molecular complexity index is 737. The molecule has 2 aromatic rings. The van der Waals surface area contributed by atoms with Crippen molar-refractivity contribution in [3.05, 3.63) is 41.4 Å². The van der Waals surface area contributed by atoms with E-state index in [2.05, 4.69) is 10.5 Å². The van der Waals surface area contributed by atoms with E-state index in [0.29, 0.717) is 30.8 Å². The van der Waals surface area contributed by atoms with Crippen molar-refractivity contribution >= 4 is 5.91 Å². The first kappa shape index (κ1) is 14.4. The van der Waals surface area contributed by atoms with E-state index in [4.69, 9.17) is 4.52 Å². The lowest BCUT2D eigenvalue weighted by molar-refractivity contribution is -0.134. The highest BCUT2D eigenvalue weighted by Gasteiger charge is 2.32. The molecule has 5 nitrogen and oxygen atoms in total. The number of carbonyl (C=O) groups excluding carboxylic acids is 1. The van der Waals surface area contributed by atoms with Crippen LogP contribution < -0.4 is 5.32 Å². The van der Waals surface area contributed by atoms with Gasteiger partial charge in [0, 0.05) is 24.1 Å². The SMILES string of the molecule is O=C([C@@H]1CCCN1)N1CCc2onc(-c3cccc(F)c3)c2C1. The minimum Gasteiger partial charge on any atom is -0.360 e. The molecule has 1 fully saturated rings. The summed E-state index contributed by atoms with van der Waals surface area (Å²) >= 11 is 0. The number of hydrogen-bond acceptors (Lipinski definition) is 4. The summed E-state index contributed by atoms with van der Waals surface area (Å²) < 4.78 is 18.9. The number of nitrogens with one attached hydrogen (secondary N) is 1. The molecule has 0 spiro atoms. The van der Waals surface area contributed by atoms with E-state index >= 15 is 0 Å². The summed E-state index contributed by atoms with van der Waals surface area (Å²) in [6.07, 6.45) is 2.58. The van der Waals surface area contributed by atoms with Gasteiger partial charge in [-0.05, 0) is 31.5 Å². The maximum absolute atomic E-state index is 13.5. The Kier molecular flexibility index (Phi) is 3.61. The molecule has 120 valence electrons. The molecule has 23 heavy (non-hydrogen) atoms. The average molecular weight is 315 g/mol. The minimum atomic E-state index is -0.307. The fraction of sp³-hybridized carbons (Fsp3) is 0.412. The van der Waals surface area contributed by atoms with E-state index in [1.54, 1.807) is 12.1 Å². The third kappa shape index (κ3) is 2.63. The zero-order valence-corrected chi connectivity index (χ0v) is 12.7. The molecule has 4 rings (SSSR count). The number of halogens is 1. The maximum atomic E-state index is 13.5. The van der Waals surface area contributed by atoms with Crippen molar-refractivity contribution in [1.82, 2.24) is 15.4 Å². The van der Waals surface area contributed by atoms with Crippen molar-refractivity contribution in [2.45, 2.75) is 31.8 Å². The number of aromatic nitrogens is 1. The molecule has 6 heteroatoms. The number of hydrogen-bond donors (Lipinski definition) is 1. The Balaban J connectivity index is 1.61. The van der Waals surface area contributed by atoms with Crippen molar-refractivity contribution in [2.24, 2.45) is 0 Å². The standard InChI is InChI=1S/C17H18FN3O2/c18-12-4-1-3-11(9-12)16-13-10-21(8-6-15(13)23-20-16)17(22)14-5-2-7-19-14/h1,3-4,9,14,19H,2,5-8,10H2/t14-/m0/s1. The molecule has 2 aliphatic rings. The number of fused-ring (bicyclic) bond motifs is 1. The van der Waals surface area contributed by atoms with E-state index in [9.17, 15) is 9.18 Å². The summed E-state index contributed by atoms with van der Waals surface area (Å²) in [5, 5.41) is 7.35. The van der Waals surface area contributed by atoms with Crippen LogP contribution in [-0.4, -0.2) is 35.1 Å². The van der Waals surface area contributed by atoms with Gasteiger partial charge < -0.3 is 14.7 Å². The molecule has 1 aromatic heterocycles. The van der Waals surface area contributed by atoms with Crippen LogP contribution in [0.4, 0.5) is 4.39 Å². The zero-order chi connectivity index (χ0) is 15.8. The van der Waals surface area contributed by atoms with Gasteiger partial charge in [-0.1, -0.05) is 17.3 Å². The lowest BCUT2D eigenvalue weighted by atomic mass is 10.0. The molecular formula is C17H18FN3O2. The maximum Gasteiger partial charge on any atom is 0.240 e. The molecule has 1 saturated heterocycles. The Hall–Kier alpha value is -2.21. The van der Waals surface area contributed by atoms with Crippen LogP contribution in [0.1, 0.15) is 24.2 Å². The predicted octanol–water partition coefficient (Wildman–Crippen LogP) is 2.12. The summed E-state index contributed by atoms with van der Waals surface area (Å²) in [7, 11) is 0. The normalized spacial score (nSPS) is 20.6. The first-order valence-electron chi connectivity index (χ1n) is 7.98. The Morgan fingerprint density at radius 1 is 1.43 bits per heavy atom. The van der Waals surface area contributed by atoms with Gasteiger partial charge in [0.1, 0.15) is 17.3 Å². The number of amides is 1. The van der Waals surface area contributed by atoms with E-state index in [1.165, 1.54) is 12.1 Å². The van der Waals surface area contributed by atoms with Gasteiger partial charge in [-0.25, -0.2) is 4.39 Å². The van der Waals surface area contributed by atoms with Crippen LogP contribution in [0, 0.1) is 5.82 Å². The van der Waals surface area contributed by atoms with Crippen LogP contribution in [0.25, 0.3) is 11.3 Å². The second-order valence-electron chi connectivity index (χ2n) is 6.10. The van der Waals surface area contributed by atoms with Crippen molar-refractivity contribution in [2.75, 3.05) is 13.1 Å². The number of rotatable bonds is 2. The van der Waals surface area contributed by atoms with Crippen LogP contribution in [0.15, 0.2) is 28.8 Å². The van der Waals surface area contributed by atoms with Gasteiger partial charge in [-0.2, -0.15) is 0 Å². The topological polar surface area (TPSA) is 58.4 Å². The molecule has 0 aliphatic carbocycles. The molecule has 1 aromatic carbocycles. The molecule has 0 saturated carbocycles. The van der Waals surface area contributed by atoms with Gasteiger partial charge in [-0.3, -0.25) is 4.79 Å². The highest BCUT2D eigenvalue weighted by Crippen LogP contribution is 2.30. The van der Waals surface area contributed by atoms with Crippen LogP contribution >= 0.6 is 0 Å². The van der Waals surface area contributed by atoms with Gasteiger partial charge >= 0.3 is 0 Å². The van der Waals surface area contributed by atoms with Crippen molar-refractivity contribution in [1.29, 1.82) is 0 Å². The molecule has 1 atom stereocenters. The quantitative estimate of drug-likeness (QED) is 0.922. The Morgan fingerprint density at radius 3 is 3.13 bits per heavy atom. The van der Waals surface area contributed by atoms with Crippen LogP contribution in [0.5, 0.6) is 0 Å². The van der Waals surface area contributed by atoms with Crippen LogP contribution in [-0.2, 0) is 17.8 Å². The summed E-state index contributed by atoms with van der Waals surface area (Å²) in [5.41, 5.74) is 2.22. The van der Waals surface area contributed by atoms with Crippen molar-refractivity contribution < 1.29 is 13.7 Å². The van der Waals surface area contributed by atoms with Gasteiger partial charge in [0.15, 0.2) is 0 Å². The van der Waals surface area contributed by atoms with E-state index in [1.807, 2.05) is 4.90 Å². The largest absolute Gasteiger partial charge is 0.360 e. The fourth-order valence-corrected chi connectivity index (χ4v) is 3.38. The second-order valence-corrected chi connectivity index (χ2v) is 6.10. The predicted molar refractivity (Wildman–Crippen MR) is 82.0 cm³/mol. The second kappa shape index (κ2) is 5.77. The van der Waals surface area contributed by atoms with Gasteiger partial charge in [0.25, 0.3) is 0 Å². The molecule has 2 aliphatic heterocycles. The molecule has 0 radical (unpaired) electrons. The first-order valence-corrected chi connectivity index (χ1v) is 7.98. The van der Waals surface area contributed by atoms with E-state index in [-0.39, 0.29) is 17.8 Å². The minimum absolute atomic E-state index is 0.0750. The number of benzene rings is 1. The highest BCUT2D eigenvalue weighted by molar-refractivity contribution is 5.82. The third-order valence-corrected chi connectivity index (χ3v) is 4.60. The lowest BCUT2D eigenvalue weighted by Gasteiger charge is -2.28. The van der Waals surface area contributed by atoms with Crippen molar-refractivity contribution in [3.63, 3.8) is 0 Å². The highest BCUT2D eigenvalue weighted by atomic mass is 19.1. The zero-order valence-electron chi connectivity index (χ0n) is 12.7. The van der Waals surface area contributed by atoms with Gasteiger partial charge in [0.05, 0.1) is 12.6 Å². The lowest BCUT2D eigenvalue weighted by Crippen LogP contribution is -2.45. The average Bonchev–Trinajstić information content (AvgIpc) is 3.23. The summed E-state index contributed by atoms with van der Waals surface area (Å²) in [5.74, 6) is 0.630. The molecular weight excluding hydrogens is 297 g/mol. The van der Waals surface area contributed by atoms with Crippen molar-refractivity contribution in [3.8, 4) is 11.3 Å². The van der Waals surface area contributed by atoms with E-state index in [0.717, 1.165) is 30.7 Å².